The van der Waals surface area contributed by atoms with E-state index in [0.717, 1.165) is 16.7 Å². The highest BCUT2D eigenvalue weighted by atomic mass is 16.1. The lowest BCUT2D eigenvalue weighted by atomic mass is 10.0. The summed E-state index contributed by atoms with van der Waals surface area (Å²) in [4.78, 5) is 11.0. The SMILES string of the molecule is Cc1ccc(C#N)cc1/C=C/c1ccc(C(N)=O)cc1. The Morgan fingerprint density at radius 1 is 1.15 bits per heavy atom. The number of aryl methyl sites for hydroxylation is 1. The predicted octanol–water partition coefficient (Wildman–Crippen LogP) is 3.14. The molecule has 2 rings (SSSR count). The highest BCUT2D eigenvalue weighted by molar-refractivity contribution is 5.93. The monoisotopic (exact) mass is 262 g/mol. The first-order valence-corrected chi connectivity index (χ1v) is 6.19. The topological polar surface area (TPSA) is 66.9 Å². The Morgan fingerprint density at radius 2 is 1.85 bits per heavy atom. The maximum atomic E-state index is 11.0. The Labute approximate surface area is 118 Å². The lowest BCUT2D eigenvalue weighted by Crippen LogP contribution is -2.10. The smallest absolute Gasteiger partial charge is 0.248 e. The largest absolute Gasteiger partial charge is 0.366 e. The number of nitrogens with two attached hydrogens (primary N) is 1. The molecule has 3 nitrogen and oxygen atoms in total. The summed E-state index contributed by atoms with van der Waals surface area (Å²) in [7, 11) is 0. The summed E-state index contributed by atoms with van der Waals surface area (Å²) >= 11 is 0. The summed E-state index contributed by atoms with van der Waals surface area (Å²) in [5.74, 6) is -0.432. The molecule has 1 amide bonds. The van der Waals surface area contributed by atoms with Crippen LogP contribution in [0.25, 0.3) is 12.2 Å². The molecule has 0 spiro atoms. The van der Waals surface area contributed by atoms with E-state index in [1.807, 2.05) is 43.3 Å². The van der Waals surface area contributed by atoms with E-state index in [9.17, 15) is 4.79 Å². The first-order chi connectivity index (χ1) is 9.60. The van der Waals surface area contributed by atoms with Gasteiger partial charge < -0.3 is 5.73 Å². The molecule has 0 aromatic heterocycles. The number of carbonyl (C=O) groups excluding carboxylic acids is 1. The summed E-state index contributed by atoms with van der Waals surface area (Å²) in [5.41, 5.74) is 9.40. The quantitative estimate of drug-likeness (QED) is 0.863. The normalized spacial score (nSPS) is 10.4. The molecule has 0 aliphatic heterocycles. The Morgan fingerprint density at radius 3 is 2.45 bits per heavy atom. The zero-order valence-electron chi connectivity index (χ0n) is 11.1. The molecule has 0 saturated heterocycles. The van der Waals surface area contributed by atoms with Gasteiger partial charge in [-0.25, -0.2) is 0 Å². The van der Waals surface area contributed by atoms with Crippen molar-refractivity contribution in [3.8, 4) is 6.07 Å². The third kappa shape index (κ3) is 3.12. The van der Waals surface area contributed by atoms with E-state index < -0.39 is 5.91 Å². The van der Waals surface area contributed by atoms with Gasteiger partial charge in [0.2, 0.25) is 5.91 Å². The van der Waals surface area contributed by atoms with E-state index in [2.05, 4.69) is 6.07 Å². The van der Waals surface area contributed by atoms with Crippen LogP contribution in [0.15, 0.2) is 42.5 Å². The molecule has 0 aliphatic carbocycles. The summed E-state index contributed by atoms with van der Waals surface area (Å²) < 4.78 is 0. The molecule has 2 aromatic rings. The second kappa shape index (κ2) is 5.85. The van der Waals surface area contributed by atoms with Crippen molar-refractivity contribution in [1.29, 1.82) is 5.26 Å². The van der Waals surface area contributed by atoms with Gasteiger partial charge in [-0.2, -0.15) is 5.26 Å². The van der Waals surface area contributed by atoms with E-state index in [0.29, 0.717) is 11.1 Å². The Hall–Kier alpha value is -2.86. The highest BCUT2D eigenvalue weighted by Crippen LogP contribution is 2.15. The molecular formula is C17H14N2O. The number of hydrogen-bond donors (Lipinski definition) is 1. The van der Waals surface area contributed by atoms with Crippen molar-refractivity contribution in [3.63, 3.8) is 0 Å². The minimum atomic E-state index is -0.432. The average molecular weight is 262 g/mol. The van der Waals surface area contributed by atoms with Gasteiger partial charge in [0, 0.05) is 5.56 Å². The van der Waals surface area contributed by atoms with Crippen molar-refractivity contribution in [3.05, 3.63) is 70.3 Å². The van der Waals surface area contributed by atoms with Crippen molar-refractivity contribution in [2.24, 2.45) is 5.73 Å². The van der Waals surface area contributed by atoms with Gasteiger partial charge in [0.05, 0.1) is 11.6 Å². The van der Waals surface area contributed by atoms with Crippen LogP contribution < -0.4 is 5.73 Å². The van der Waals surface area contributed by atoms with E-state index in [-0.39, 0.29) is 0 Å². The van der Waals surface area contributed by atoms with Crippen LogP contribution in [0.2, 0.25) is 0 Å². The van der Waals surface area contributed by atoms with Crippen LogP contribution in [0.4, 0.5) is 0 Å². The van der Waals surface area contributed by atoms with Crippen LogP contribution in [0.1, 0.15) is 32.6 Å². The summed E-state index contributed by atoms with van der Waals surface area (Å²) in [5, 5.41) is 8.90. The summed E-state index contributed by atoms with van der Waals surface area (Å²) in [6.45, 7) is 2.00. The van der Waals surface area contributed by atoms with Gasteiger partial charge in [-0.1, -0.05) is 30.4 Å². The molecule has 0 heterocycles. The molecule has 2 N–H and O–H groups in total. The first kappa shape index (κ1) is 13.6. The van der Waals surface area contributed by atoms with Gasteiger partial charge in [0.25, 0.3) is 0 Å². The van der Waals surface area contributed by atoms with Gasteiger partial charge >= 0.3 is 0 Å². The van der Waals surface area contributed by atoms with E-state index >= 15 is 0 Å². The second-order valence-electron chi connectivity index (χ2n) is 4.50. The number of benzene rings is 2. The minimum absolute atomic E-state index is 0.432. The number of nitrogens with zero attached hydrogens (tertiary/aromatic N) is 1. The zero-order chi connectivity index (χ0) is 14.5. The van der Waals surface area contributed by atoms with Crippen molar-refractivity contribution < 1.29 is 4.79 Å². The molecule has 0 radical (unpaired) electrons. The fraction of sp³-hybridized carbons (Fsp3) is 0.0588. The Bertz CT molecular complexity index is 707. The molecule has 2 aromatic carbocycles. The molecule has 3 heteroatoms. The van der Waals surface area contributed by atoms with Crippen molar-refractivity contribution in [2.75, 3.05) is 0 Å². The highest BCUT2D eigenvalue weighted by Gasteiger charge is 1.99. The van der Waals surface area contributed by atoms with Crippen LogP contribution in [0.5, 0.6) is 0 Å². The third-order valence-corrected chi connectivity index (χ3v) is 3.06. The maximum absolute atomic E-state index is 11.0. The van der Waals surface area contributed by atoms with E-state index in [1.165, 1.54) is 0 Å². The van der Waals surface area contributed by atoms with Gasteiger partial charge in [0.1, 0.15) is 0 Å². The summed E-state index contributed by atoms with van der Waals surface area (Å²) in [6.07, 6.45) is 3.89. The van der Waals surface area contributed by atoms with E-state index in [4.69, 9.17) is 11.0 Å². The minimum Gasteiger partial charge on any atom is -0.366 e. The number of amides is 1. The van der Waals surface area contributed by atoms with Crippen molar-refractivity contribution in [1.82, 2.24) is 0 Å². The molecule has 0 fully saturated rings. The Balaban J connectivity index is 2.25. The van der Waals surface area contributed by atoms with Gasteiger partial charge in [-0.15, -0.1) is 0 Å². The standard InChI is InChI=1S/C17H14N2O/c1-12-2-3-14(11-18)10-16(12)9-6-13-4-7-15(8-5-13)17(19)20/h2-10H,1H3,(H2,19,20)/b9-6+. The van der Waals surface area contributed by atoms with Crippen LogP contribution in [0, 0.1) is 18.3 Å². The zero-order valence-corrected chi connectivity index (χ0v) is 11.1. The third-order valence-electron chi connectivity index (χ3n) is 3.06. The van der Waals surface area contributed by atoms with Crippen LogP contribution in [-0.4, -0.2) is 5.91 Å². The maximum Gasteiger partial charge on any atom is 0.248 e. The van der Waals surface area contributed by atoms with E-state index in [1.54, 1.807) is 18.2 Å². The lowest BCUT2D eigenvalue weighted by molar-refractivity contribution is 0.100. The van der Waals surface area contributed by atoms with Gasteiger partial charge in [-0.05, 0) is 47.9 Å². The van der Waals surface area contributed by atoms with Gasteiger partial charge in [-0.3, -0.25) is 4.79 Å². The second-order valence-corrected chi connectivity index (χ2v) is 4.50. The van der Waals surface area contributed by atoms with Gasteiger partial charge in [0.15, 0.2) is 0 Å². The van der Waals surface area contributed by atoms with Crippen molar-refractivity contribution >= 4 is 18.1 Å². The fourth-order valence-electron chi connectivity index (χ4n) is 1.83. The number of nitriles is 1. The molecule has 0 atom stereocenters. The fourth-order valence-corrected chi connectivity index (χ4v) is 1.83. The predicted molar refractivity (Wildman–Crippen MR) is 79.8 cm³/mol. The van der Waals surface area contributed by atoms with Crippen LogP contribution >= 0.6 is 0 Å². The molecule has 20 heavy (non-hydrogen) atoms. The Kier molecular flexibility index (Phi) is 3.97. The molecular weight excluding hydrogens is 248 g/mol. The van der Waals surface area contributed by atoms with Crippen LogP contribution in [0.3, 0.4) is 0 Å². The van der Waals surface area contributed by atoms with Crippen LogP contribution in [-0.2, 0) is 0 Å². The average Bonchev–Trinajstić information content (AvgIpc) is 2.47. The summed E-state index contributed by atoms with van der Waals surface area (Å²) in [6, 6.07) is 14.8. The first-order valence-electron chi connectivity index (χ1n) is 6.19. The molecule has 98 valence electrons. The molecule has 0 bridgehead atoms. The molecule has 0 unspecified atom stereocenters. The van der Waals surface area contributed by atoms with Crippen molar-refractivity contribution in [2.45, 2.75) is 6.92 Å². The molecule has 0 saturated carbocycles. The molecule has 0 aliphatic rings. The number of primary amides is 1. The number of rotatable bonds is 3. The lowest BCUT2D eigenvalue weighted by Gasteiger charge is -2.01. The number of hydrogen-bond acceptors (Lipinski definition) is 2. The number of carbonyl (C=O) groups is 1.